The minimum Gasteiger partial charge on any atom is -0.491 e. The zero-order valence-corrected chi connectivity index (χ0v) is 19.5. The van der Waals surface area contributed by atoms with Gasteiger partial charge >= 0.3 is 6.09 Å². The first-order valence-corrected chi connectivity index (χ1v) is 11.3. The summed E-state index contributed by atoms with van der Waals surface area (Å²) in [4.78, 5) is 12.7. The van der Waals surface area contributed by atoms with Crippen molar-refractivity contribution in [3.8, 4) is 11.5 Å². The SMILES string of the molecule is O=C(Nc1ccc(Br)cc1)O[C@H](c1ccc(OCCO)cc1)[C@@H](CCO)Oc1ccccc1. The summed E-state index contributed by atoms with van der Waals surface area (Å²) in [7, 11) is 0. The molecule has 0 aromatic heterocycles. The molecule has 0 aliphatic rings. The number of hydrogen-bond acceptors (Lipinski definition) is 6. The Kier molecular flexibility index (Phi) is 9.56. The molecule has 8 heteroatoms. The van der Waals surface area contributed by atoms with Crippen LogP contribution in [-0.4, -0.2) is 42.2 Å². The number of carbonyl (C=O) groups is 1. The number of amides is 1. The molecule has 0 bridgehead atoms. The van der Waals surface area contributed by atoms with Gasteiger partial charge in [-0.05, 0) is 54.1 Å². The lowest BCUT2D eigenvalue weighted by Gasteiger charge is -2.28. The number of aliphatic hydroxyl groups is 2. The van der Waals surface area contributed by atoms with Crippen LogP contribution in [-0.2, 0) is 4.74 Å². The number of ether oxygens (including phenoxy) is 3. The van der Waals surface area contributed by atoms with E-state index in [-0.39, 0.29) is 26.2 Å². The van der Waals surface area contributed by atoms with Gasteiger partial charge in [0.2, 0.25) is 0 Å². The highest BCUT2D eigenvalue weighted by molar-refractivity contribution is 9.10. The van der Waals surface area contributed by atoms with Crippen LogP contribution in [0.1, 0.15) is 18.1 Å². The van der Waals surface area contributed by atoms with E-state index in [2.05, 4.69) is 21.2 Å². The molecule has 2 atom stereocenters. The molecule has 0 radical (unpaired) electrons. The number of aliphatic hydroxyl groups excluding tert-OH is 2. The molecule has 0 aliphatic heterocycles. The Morgan fingerprint density at radius 2 is 1.58 bits per heavy atom. The van der Waals surface area contributed by atoms with Crippen LogP contribution in [0.3, 0.4) is 0 Å². The number of rotatable bonds is 11. The van der Waals surface area contributed by atoms with E-state index in [1.54, 1.807) is 48.5 Å². The van der Waals surface area contributed by atoms with E-state index < -0.39 is 18.3 Å². The van der Waals surface area contributed by atoms with Crippen molar-refractivity contribution < 1.29 is 29.2 Å². The minimum absolute atomic E-state index is 0.0901. The van der Waals surface area contributed by atoms with Gasteiger partial charge in [0.05, 0.1) is 6.61 Å². The van der Waals surface area contributed by atoms with Gasteiger partial charge in [-0.15, -0.1) is 0 Å². The quantitative estimate of drug-likeness (QED) is 0.334. The fourth-order valence-electron chi connectivity index (χ4n) is 3.14. The second-order valence-corrected chi connectivity index (χ2v) is 8.00. The topological polar surface area (TPSA) is 97.3 Å². The molecule has 0 saturated heterocycles. The predicted molar refractivity (Wildman–Crippen MR) is 129 cm³/mol. The summed E-state index contributed by atoms with van der Waals surface area (Å²) in [6.45, 7) is -0.0598. The number of halogens is 1. The van der Waals surface area contributed by atoms with Crippen LogP contribution in [0.15, 0.2) is 83.3 Å². The molecular formula is C25H26BrNO6. The third-order valence-electron chi connectivity index (χ3n) is 4.68. The summed E-state index contributed by atoms with van der Waals surface area (Å²) < 4.78 is 18.2. The van der Waals surface area contributed by atoms with Crippen LogP contribution in [0.25, 0.3) is 0 Å². The Balaban J connectivity index is 1.83. The largest absolute Gasteiger partial charge is 0.491 e. The van der Waals surface area contributed by atoms with E-state index >= 15 is 0 Å². The standard InChI is InChI=1S/C25H26BrNO6/c26-19-8-10-20(11-9-19)27-25(30)33-24(18-6-12-21(13-7-18)31-17-16-29)23(14-15-28)32-22-4-2-1-3-5-22/h1-13,23-24,28-29H,14-17H2,(H,27,30)/t23-,24-/m1/s1. The highest BCUT2D eigenvalue weighted by atomic mass is 79.9. The van der Waals surface area contributed by atoms with E-state index in [1.807, 2.05) is 30.3 Å². The van der Waals surface area contributed by atoms with Crippen molar-refractivity contribution in [1.29, 1.82) is 0 Å². The minimum atomic E-state index is -0.806. The summed E-state index contributed by atoms with van der Waals surface area (Å²) in [6, 6.07) is 23.3. The summed E-state index contributed by atoms with van der Waals surface area (Å²) in [6.07, 6.45) is -1.85. The van der Waals surface area contributed by atoms with Crippen molar-refractivity contribution in [3.63, 3.8) is 0 Å². The first-order valence-electron chi connectivity index (χ1n) is 10.5. The van der Waals surface area contributed by atoms with Crippen LogP contribution in [0.4, 0.5) is 10.5 Å². The number of benzene rings is 3. The number of para-hydroxylation sites is 1. The van der Waals surface area contributed by atoms with E-state index in [0.29, 0.717) is 22.7 Å². The van der Waals surface area contributed by atoms with E-state index in [0.717, 1.165) is 4.47 Å². The van der Waals surface area contributed by atoms with Gasteiger partial charge in [0.25, 0.3) is 0 Å². The van der Waals surface area contributed by atoms with Crippen molar-refractivity contribution in [1.82, 2.24) is 0 Å². The normalized spacial score (nSPS) is 12.5. The summed E-state index contributed by atoms with van der Waals surface area (Å²) in [5.74, 6) is 1.18. The molecule has 0 saturated carbocycles. The molecule has 0 fully saturated rings. The highest BCUT2D eigenvalue weighted by Gasteiger charge is 2.29. The van der Waals surface area contributed by atoms with Crippen molar-refractivity contribution >= 4 is 27.7 Å². The van der Waals surface area contributed by atoms with Crippen molar-refractivity contribution in [2.24, 2.45) is 0 Å². The van der Waals surface area contributed by atoms with Gasteiger partial charge < -0.3 is 24.4 Å². The Labute approximate surface area is 201 Å². The van der Waals surface area contributed by atoms with Crippen LogP contribution in [0, 0.1) is 0 Å². The molecule has 3 aromatic rings. The molecule has 7 nitrogen and oxygen atoms in total. The van der Waals surface area contributed by atoms with Gasteiger partial charge in [-0.25, -0.2) is 4.79 Å². The van der Waals surface area contributed by atoms with E-state index in [4.69, 9.17) is 19.3 Å². The maximum atomic E-state index is 12.7. The van der Waals surface area contributed by atoms with Crippen molar-refractivity contribution in [3.05, 3.63) is 88.9 Å². The first-order chi connectivity index (χ1) is 16.1. The smallest absolute Gasteiger partial charge is 0.412 e. The lowest BCUT2D eigenvalue weighted by atomic mass is 10.0. The second kappa shape index (κ2) is 12.8. The lowest BCUT2D eigenvalue weighted by Crippen LogP contribution is -2.31. The highest BCUT2D eigenvalue weighted by Crippen LogP contribution is 2.29. The van der Waals surface area contributed by atoms with E-state index in [1.165, 1.54) is 0 Å². The van der Waals surface area contributed by atoms with Gasteiger partial charge in [-0.1, -0.05) is 46.3 Å². The summed E-state index contributed by atoms with van der Waals surface area (Å²) in [5, 5.41) is 21.3. The maximum absolute atomic E-state index is 12.7. The molecule has 1 amide bonds. The first kappa shape index (κ1) is 24.6. The van der Waals surface area contributed by atoms with Gasteiger partial charge in [-0.2, -0.15) is 0 Å². The predicted octanol–water partition coefficient (Wildman–Crippen LogP) is 4.94. The van der Waals surface area contributed by atoms with Crippen molar-refractivity contribution in [2.75, 3.05) is 25.1 Å². The third-order valence-corrected chi connectivity index (χ3v) is 5.20. The van der Waals surface area contributed by atoms with Crippen LogP contribution in [0.2, 0.25) is 0 Å². The Hall–Kier alpha value is -3.07. The number of nitrogens with one attached hydrogen (secondary N) is 1. The molecule has 0 unspecified atom stereocenters. The molecule has 174 valence electrons. The molecular weight excluding hydrogens is 490 g/mol. The fourth-order valence-corrected chi connectivity index (χ4v) is 3.41. The second-order valence-electron chi connectivity index (χ2n) is 7.08. The molecule has 0 spiro atoms. The molecule has 3 rings (SSSR count). The lowest BCUT2D eigenvalue weighted by molar-refractivity contribution is 0.00906. The van der Waals surface area contributed by atoms with Crippen LogP contribution < -0.4 is 14.8 Å². The number of carbonyl (C=O) groups excluding carboxylic acids is 1. The zero-order valence-electron chi connectivity index (χ0n) is 17.9. The Morgan fingerprint density at radius 1 is 0.879 bits per heavy atom. The number of hydrogen-bond donors (Lipinski definition) is 3. The fraction of sp³-hybridized carbons (Fsp3) is 0.240. The van der Waals surface area contributed by atoms with Crippen LogP contribution in [0.5, 0.6) is 11.5 Å². The summed E-state index contributed by atoms with van der Waals surface area (Å²) >= 11 is 3.36. The molecule has 0 heterocycles. The zero-order chi connectivity index (χ0) is 23.5. The monoisotopic (exact) mass is 515 g/mol. The molecule has 33 heavy (non-hydrogen) atoms. The van der Waals surface area contributed by atoms with Gasteiger partial charge in [-0.3, -0.25) is 5.32 Å². The Morgan fingerprint density at radius 3 is 2.21 bits per heavy atom. The van der Waals surface area contributed by atoms with Gasteiger partial charge in [0, 0.05) is 23.2 Å². The summed E-state index contributed by atoms with van der Waals surface area (Å²) in [5.41, 5.74) is 1.25. The third kappa shape index (κ3) is 7.78. The van der Waals surface area contributed by atoms with Gasteiger partial charge in [0.15, 0.2) is 6.10 Å². The number of anilines is 1. The average Bonchev–Trinajstić information content (AvgIpc) is 2.83. The molecule has 0 aliphatic carbocycles. The maximum Gasteiger partial charge on any atom is 0.412 e. The molecule has 3 aromatic carbocycles. The average molecular weight is 516 g/mol. The van der Waals surface area contributed by atoms with Crippen molar-refractivity contribution in [2.45, 2.75) is 18.6 Å². The Bertz CT molecular complexity index is 982. The molecule has 3 N–H and O–H groups in total. The van der Waals surface area contributed by atoms with Gasteiger partial charge in [0.1, 0.15) is 24.2 Å². The van der Waals surface area contributed by atoms with Crippen LogP contribution >= 0.6 is 15.9 Å². The van der Waals surface area contributed by atoms with E-state index in [9.17, 15) is 9.90 Å².